The SMILES string of the molecule is COc1ccc(C(Br)Cc2ccc(C)c(C)c2)cc1OC. The van der Waals surface area contributed by atoms with E-state index < -0.39 is 0 Å². The van der Waals surface area contributed by atoms with E-state index in [2.05, 4.69) is 54.0 Å². The van der Waals surface area contributed by atoms with Gasteiger partial charge in [0.25, 0.3) is 0 Å². The van der Waals surface area contributed by atoms with Crippen molar-refractivity contribution in [2.45, 2.75) is 25.1 Å². The lowest BCUT2D eigenvalue weighted by molar-refractivity contribution is 0.354. The molecule has 0 aliphatic carbocycles. The highest BCUT2D eigenvalue weighted by Crippen LogP contribution is 2.34. The first-order chi connectivity index (χ1) is 10.0. The molecule has 0 radical (unpaired) electrons. The van der Waals surface area contributed by atoms with Gasteiger partial charge in [-0.3, -0.25) is 0 Å². The van der Waals surface area contributed by atoms with E-state index in [1.165, 1.54) is 22.3 Å². The minimum absolute atomic E-state index is 0.249. The van der Waals surface area contributed by atoms with Crippen LogP contribution in [0.4, 0.5) is 0 Å². The molecule has 112 valence electrons. The van der Waals surface area contributed by atoms with Crippen molar-refractivity contribution in [2.24, 2.45) is 0 Å². The second-order valence-electron chi connectivity index (χ2n) is 5.20. The fourth-order valence-corrected chi connectivity index (χ4v) is 2.96. The molecule has 2 rings (SSSR count). The number of rotatable bonds is 5. The molecule has 1 unspecified atom stereocenters. The van der Waals surface area contributed by atoms with Gasteiger partial charge >= 0.3 is 0 Å². The molecule has 0 spiro atoms. The Morgan fingerprint density at radius 2 is 1.62 bits per heavy atom. The molecule has 21 heavy (non-hydrogen) atoms. The van der Waals surface area contributed by atoms with Crippen molar-refractivity contribution in [2.75, 3.05) is 14.2 Å². The number of benzene rings is 2. The number of halogens is 1. The van der Waals surface area contributed by atoms with Crippen molar-refractivity contribution in [1.82, 2.24) is 0 Å². The van der Waals surface area contributed by atoms with Crippen LogP contribution in [-0.2, 0) is 6.42 Å². The number of ether oxygens (including phenoxy) is 2. The monoisotopic (exact) mass is 348 g/mol. The first-order valence-corrected chi connectivity index (χ1v) is 7.89. The molecule has 0 aliphatic heterocycles. The zero-order valence-electron chi connectivity index (χ0n) is 12.9. The van der Waals surface area contributed by atoms with Gasteiger partial charge in [0.1, 0.15) is 0 Å². The Labute approximate surface area is 135 Å². The number of hydrogen-bond acceptors (Lipinski definition) is 2. The smallest absolute Gasteiger partial charge is 0.161 e. The Morgan fingerprint density at radius 1 is 0.905 bits per heavy atom. The molecule has 0 aliphatic rings. The zero-order valence-corrected chi connectivity index (χ0v) is 14.5. The molecular weight excluding hydrogens is 328 g/mol. The lowest BCUT2D eigenvalue weighted by Gasteiger charge is -2.14. The largest absolute Gasteiger partial charge is 0.493 e. The van der Waals surface area contributed by atoms with Crippen LogP contribution in [0.5, 0.6) is 11.5 Å². The molecule has 0 fully saturated rings. The van der Waals surface area contributed by atoms with E-state index in [4.69, 9.17) is 9.47 Å². The molecular formula is C18H21BrO2. The maximum atomic E-state index is 5.37. The molecule has 3 heteroatoms. The molecule has 0 amide bonds. The van der Waals surface area contributed by atoms with Crippen LogP contribution in [0.15, 0.2) is 36.4 Å². The van der Waals surface area contributed by atoms with E-state index in [0.29, 0.717) is 0 Å². The summed E-state index contributed by atoms with van der Waals surface area (Å²) in [6, 6.07) is 12.7. The van der Waals surface area contributed by atoms with E-state index >= 15 is 0 Å². The summed E-state index contributed by atoms with van der Waals surface area (Å²) in [7, 11) is 3.31. The van der Waals surface area contributed by atoms with Crippen LogP contribution in [0, 0.1) is 13.8 Å². The molecule has 1 atom stereocenters. The maximum absolute atomic E-state index is 5.37. The second kappa shape index (κ2) is 6.99. The van der Waals surface area contributed by atoms with Crippen LogP contribution in [-0.4, -0.2) is 14.2 Å². The predicted octanol–water partition coefficient (Wildman–Crippen LogP) is 5.00. The quantitative estimate of drug-likeness (QED) is 0.708. The number of aryl methyl sites for hydroxylation is 2. The van der Waals surface area contributed by atoms with Crippen LogP contribution >= 0.6 is 15.9 Å². The van der Waals surface area contributed by atoms with E-state index in [1.807, 2.05) is 12.1 Å². The van der Waals surface area contributed by atoms with Gasteiger partial charge in [-0.1, -0.05) is 40.2 Å². The molecule has 0 N–H and O–H groups in total. The van der Waals surface area contributed by atoms with Gasteiger partial charge in [0.15, 0.2) is 11.5 Å². The Morgan fingerprint density at radius 3 is 2.24 bits per heavy atom. The molecule has 2 nitrogen and oxygen atoms in total. The summed E-state index contributed by atoms with van der Waals surface area (Å²) in [6.45, 7) is 4.29. The topological polar surface area (TPSA) is 18.5 Å². The Hall–Kier alpha value is -1.48. The summed E-state index contributed by atoms with van der Waals surface area (Å²) in [5.41, 5.74) is 5.18. The normalized spacial score (nSPS) is 12.0. The van der Waals surface area contributed by atoms with Gasteiger partial charge in [-0.05, 0) is 54.7 Å². The molecule has 0 bridgehead atoms. The predicted molar refractivity (Wildman–Crippen MR) is 90.8 cm³/mol. The van der Waals surface area contributed by atoms with E-state index in [0.717, 1.165) is 17.9 Å². The highest BCUT2D eigenvalue weighted by Gasteiger charge is 2.12. The Kier molecular flexibility index (Phi) is 5.29. The average Bonchev–Trinajstić information content (AvgIpc) is 2.50. The maximum Gasteiger partial charge on any atom is 0.161 e. The fraction of sp³-hybridized carbons (Fsp3) is 0.333. The Bertz CT molecular complexity index is 623. The van der Waals surface area contributed by atoms with Crippen molar-refractivity contribution >= 4 is 15.9 Å². The van der Waals surface area contributed by atoms with Crippen molar-refractivity contribution in [1.29, 1.82) is 0 Å². The van der Waals surface area contributed by atoms with Gasteiger partial charge in [-0.15, -0.1) is 0 Å². The van der Waals surface area contributed by atoms with Crippen molar-refractivity contribution in [3.05, 3.63) is 58.7 Å². The molecule has 0 saturated heterocycles. The summed E-state index contributed by atoms with van der Waals surface area (Å²) in [5.74, 6) is 1.52. The van der Waals surface area contributed by atoms with Crippen LogP contribution in [0.3, 0.4) is 0 Å². The van der Waals surface area contributed by atoms with E-state index in [1.54, 1.807) is 14.2 Å². The average molecular weight is 349 g/mol. The number of methoxy groups -OCH3 is 2. The molecule has 2 aromatic carbocycles. The third-order valence-corrected chi connectivity index (χ3v) is 4.61. The number of hydrogen-bond donors (Lipinski definition) is 0. The number of alkyl halides is 1. The van der Waals surface area contributed by atoms with Crippen molar-refractivity contribution in [3.63, 3.8) is 0 Å². The van der Waals surface area contributed by atoms with E-state index in [-0.39, 0.29) is 4.83 Å². The highest BCUT2D eigenvalue weighted by atomic mass is 79.9. The summed E-state index contributed by atoms with van der Waals surface area (Å²) in [4.78, 5) is 0.249. The fourth-order valence-electron chi connectivity index (χ4n) is 2.30. The van der Waals surface area contributed by atoms with Gasteiger partial charge < -0.3 is 9.47 Å². The standard InChI is InChI=1S/C18H21BrO2/c1-12-5-6-14(9-13(12)2)10-16(19)15-7-8-17(20-3)18(11-15)21-4/h5-9,11,16H,10H2,1-4H3. The van der Waals surface area contributed by atoms with Crippen LogP contribution in [0.25, 0.3) is 0 Å². The zero-order chi connectivity index (χ0) is 15.4. The van der Waals surface area contributed by atoms with Crippen LogP contribution in [0.1, 0.15) is 27.1 Å². The van der Waals surface area contributed by atoms with Gasteiger partial charge in [0, 0.05) is 4.83 Å². The summed E-state index contributed by atoms with van der Waals surface area (Å²) in [5, 5.41) is 0. The minimum atomic E-state index is 0.249. The lowest BCUT2D eigenvalue weighted by atomic mass is 10.0. The van der Waals surface area contributed by atoms with Gasteiger partial charge in [-0.25, -0.2) is 0 Å². The molecule has 0 saturated carbocycles. The molecule has 0 aromatic heterocycles. The third kappa shape index (κ3) is 3.79. The highest BCUT2D eigenvalue weighted by molar-refractivity contribution is 9.09. The summed E-state index contributed by atoms with van der Waals surface area (Å²) >= 11 is 3.78. The molecule has 0 heterocycles. The van der Waals surface area contributed by atoms with Gasteiger partial charge in [0.05, 0.1) is 14.2 Å². The third-order valence-electron chi connectivity index (χ3n) is 3.76. The van der Waals surface area contributed by atoms with Crippen molar-refractivity contribution in [3.8, 4) is 11.5 Å². The van der Waals surface area contributed by atoms with Crippen molar-refractivity contribution < 1.29 is 9.47 Å². The van der Waals surface area contributed by atoms with Gasteiger partial charge in [-0.2, -0.15) is 0 Å². The first-order valence-electron chi connectivity index (χ1n) is 6.97. The molecule has 2 aromatic rings. The lowest BCUT2D eigenvalue weighted by Crippen LogP contribution is -1.98. The van der Waals surface area contributed by atoms with Crippen LogP contribution < -0.4 is 9.47 Å². The summed E-state index contributed by atoms with van der Waals surface area (Å²) in [6.07, 6.45) is 0.941. The second-order valence-corrected chi connectivity index (χ2v) is 6.31. The first kappa shape index (κ1) is 15.9. The van der Waals surface area contributed by atoms with Gasteiger partial charge in [0.2, 0.25) is 0 Å². The summed E-state index contributed by atoms with van der Waals surface area (Å²) < 4.78 is 10.6. The van der Waals surface area contributed by atoms with E-state index in [9.17, 15) is 0 Å². The Balaban J connectivity index is 2.19. The van der Waals surface area contributed by atoms with Crippen LogP contribution in [0.2, 0.25) is 0 Å². The minimum Gasteiger partial charge on any atom is -0.493 e.